The molecule has 7 heteroatoms. The summed E-state index contributed by atoms with van der Waals surface area (Å²) < 4.78 is 4.68. The molecule has 6 nitrogen and oxygen atoms in total. The van der Waals surface area contributed by atoms with Crippen LogP contribution in [-0.2, 0) is 19.1 Å². The maximum absolute atomic E-state index is 11.6. The molecule has 147 valence electrons. The van der Waals surface area contributed by atoms with Crippen LogP contribution >= 0.6 is 0 Å². The van der Waals surface area contributed by atoms with Crippen molar-refractivity contribution in [2.75, 3.05) is 0 Å². The van der Waals surface area contributed by atoms with Crippen molar-refractivity contribution in [3.8, 4) is 0 Å². The van der Waals surface area contributed by atoms with Gasteiger partial charge in [-0.25, -0.2) is 4.79 Å². The Morgan fingerprint density at radius 1 is 0.808 bits per heavy atom. The third-order valence-corrected chi connectivity index (χ3v) is 4.20. The van der Waals surface area contributed by atoms with Crippen LogP contribution in [0.4, 0.5) is 0 Å². The Balaban J connectivity index is 0. The molecule has 0 spiro atoms. The van der Waals surface area contributed by atoms with Gasteiger partial charge in [0.1, 0.15) is 6.04 Å². The van der Waals surface area contributed by atoms with Crippen LogP contribution in [-0.4, -0.2) is 53.4 Å². The summed E-state index contributed by atoms with van der Waals surface area (Å²) in [6.07, 6.45) is 13.5. The molecule has 1 radical (unpaired) electrons. The molecule has 4 N–H and O–H groups in total. The average Bonchev–Trinajstić information content (AvgIpc) is 2.57. The van der Waals surface area contributed by atoms with E-state index >= 15 is 0 Å². The van der Waals surface area contributed by atoms with Gasteiger partial charge in [-0.15, -0.1) is 0 Å². The van der Waals surface area contributed by atoms with Gasteiger partial charge in [-0.1, -0.05) is 71.1 Å². The normalized spacial score (nSPS) is 11.5. The molecule has 0 saturated carbocycles. The summed E-state index contributed by atoms with van der Waals surface area (Å²) >= 11 is 0. The van der Waals surface area contributed by atoms with Gasteiger partial charge in [-0.2, -0.15) is 0 Å². The summed E-state index contributed by atoms with van der Waals surface area (Å²) in [5.41, 5.74) is 10.5. The number of unbranched alkanes of at least 4 members (excludes halogenated alkanes) is 10. The topological polar surface area (TPSA) is 112 Å². The Morgan fingerprint density at radius 3 is 1.73 bits per heavy atom. The third-order valence-electron chi connectivity index (χ3n) is 4.20. The molecule has 0 aliphatic rings. The van der Waals surface area contributed by atoms with E-state index in [1.54, 1.807) is 0 Å². The number of hydrogen-bond acceptors (Lipinski definition) is 5. The fourth-order valence-corrected chi connectivity index (χ4v) is 2.59. The van der Waals surface area contributed by atoms with E-state index in [-0.39, 0.29) is 48.8 Å². The number of rotatable bonds is 16. The number of ether oxygens (including phenoxy) is 1. The minimum absolute atomic E-state index is 0. The maximum Gasteiger partial charge on any atom is 0.330 e. The van der Waals surface area contributed by atoms with Crippen molar-refractivity contribution in [3.05, 3.63) is 0 Å². The smallest absolute Gasteiger partial charge is 0.330 e. The van der Waals surface area contributed by atoms with E-state index < -0.39 is 23.9 Å². The zero-order valence-electron chi connectivity index (χ0n) is 16.8. The van der Waals surface area contributed by atoms with Crippen LogP contribution in [0, 0.1) is 0 Å². The van der Waals surface area contributed by atoms with E-state index in [9.17, 15) is 14.4 Å². The molecule has 0 fully saturated rings. The number of carbonyl (C=O) groups is 3. The Labute approximate surface area is 180 Å². The van der Waals surface area contributed by atoms with Gasteiger partial charge in [0, 0.05) is 42.4 Å². The zero-order chi connectivity index (χ0) is 18.9. The van der Waals surface area contributed by atoms with Gasteiger partial charge in [0.05, 0.1) is 0 Å². The van der Waals surface area contributed by atoms with E-state index in [2.05, 4.69) is 11.7 Å². The second-order valence-corrected chi connectivity index (χ2v) is 6.69. The standard InChI is InChI=1S/C19H36N2O4.Na/c1-2-3-4-5-6-7-8-9-10-11-12-13-18(23)25-19(24)16(20)14-15-17(21)22;/h16H,2-15,20H2,1H3,(H2,21,22);/t16-;/m0./s1. The molecule has 0 rings (SSSR count). The second kappa shape index (κ2) is 19.3. The number of esters is 2. The summed E-state index contributed by atoms with van der Waals surface area (Å²) in [6.45, 7) is 2.23. The predicted molar refractivity (Wildman–Crippen MR) is 104 cm³/mol. The molecule has 0 aromatic rings. The van der Waals surface area contributed by atoms with Gasteiger partial charge in [0.25, 0.3) is 0 Å². The van der Waals surface area contributed by atoms with Crippen LogP contribution in [0.25, 0.3) is 0 Å². The molecular formula is C19H36N2NaO4. The van der Waals surface area contributed by atoms with E-state index in [1.165, 1.54) is 51.4 Å². The molecular weight excluding hydrogens is 343 g/mol. The monoisotopic (exact) mass is 379 g/mol. The van der Waals surface area contributed by atoms with Gasteiger partial charge in [-0.3, -0.25) is 9.59 Å². The van der Waals surface area contributed by atoms with E-state index in [0.717, 1.165) is 19.3 Å². The fourth-order valence-electron chi connectivity index (χ4n) is 2.59. The van der Waals surface area contributed by atoms with Crippen LogP contribution in [0.5, 0.6) is 0 Å². The first kappa shape index (κ1) is 27.8. The van der Waals surface area contributed by atoms with Crippen molar-refractivity contribution >= 4 is 47.4 Å². The molecule has 0 bridgehead atoms. The zero-order valence-corrected chi connectivity index (χ0v) is 18.8. The van der Waals surface area contributed by atoms with Crippen LogP contribution in [0.2, 0.25) is 0 Å². The van der Waals surface area contributed by atoms with Crippen molar-refractivity contribution in [2.24, 2.45) is 11.5 Å². The Morgan fingerprint density at radius 2 is 1.27 bits per heavy atom. The second-order valence-electron chi connectivity index (χ2n) is 6.69. The largest absolute Gasteiger partial charge is 0.392 e. The molecule has 0 aliphatic heterocycles. The molecule has 1 amide bonds. The van der Waals surface area contributed by atoms with Crippen LogP contribution in [0.1, 0.15) is 96.8 Å². The van der Waals surface area contributed by atoms with Crippen molar-refractivity contribution in [1.82, 2.24) is 0 Å². The molecule has 0 aromatic carbocycles. The molecule has 0 saturated heterocycles. The van der Waals surface area contributed by atoms with Crippen molar-refractivity contribution in [1.29, 1.82) is 0 Å². The molecule has 0 aromatic heterocycles. The van der Waals surface area contributed by atoms with Crippen molar-refractivity contribution in [3.63, 3.8) is 0 Å². The molecule has 0 heterocycles. The number of nitrogens with two attached hydrogens (primary N) is 2. The number of hydrogen-bond donors (Lipinski definition) is 2. The summed E-state index contributed by atoms with van der Waals surface area (Å²) in [6, 6.07) is -0.978. The van der Waals surface area contributed by atoms with Crippen molar-refractivity contribution < 1.29 is 19.1 Å². The number of carbonyl (C=O) groups excluding carboxylic acids is 3. The first-order valence-corrected chi connectivity index (χ1v) is 9.75. The van der Waals surface area contributed by atoms with Gasteiger partial charge in [-0.05, 0) is 12.8 Å². The fraction of sp³-hybridized carbons (Fsp3) is 0.842. The van der Waals surface area contributed by atoms with E-state index in [0.29, 0.717) is 0 Å². The van der Waals surface area contributed by atoms with Gasteiger partial charge >= 0.3 is 11.9 Å². The van der Waals surface area contributed by atoms with Gasteiger partial charge in [0.15, 0.2) is 0 Å². The molecule has 26 heavy (non-hydrogen) atoms. The Bertz CT molecular complexity index is 392. The molecule has 0 unspecified atom stereocenters. The maximum atomic E-state index is 11.6. The predicted octanol–water partition coefficient (Wildman–Crippen LogP) is 2.97. The van der Waals surface area contributed by atoms with Crippen molar-refractivity contribution in [2.45, 2.75) is 103 Å². The number of amides is 1. The first-order valence-electron chi connectivity index (χ1n) is 9.75. The summed E-state index contributed by atoms with van der Waals surface area (Å²) in [7, 11) is 0. The quantitative estimate of drug-likeness (QED) is 0.185. The van der Waals surface area contributed by atoms with Gasteiger partial charge in [0.2, 0.25) is 5.91 Å². The van der Waals surface area contributed by atoms with Crippen LogP contribution in [0.15, 0.2) is 0 Å². The minimum Gasteiger partial charge on any atom is -0.392 e. The van der Waals surface area contributed by atoms with Crippen LogP contribution in [0.3, 0.4) is 0 Å². The van der Waals surface area contributed by atoms with Gasteiger partial charge < -0.3 is 16.2 Å². The Kier molecular flexibility index (Phi) is 20.7. The number of primary amides is 1. The van der Waals surface area contributed by atoms with E-state index in [4.69, 9.17) is 11.5 Å². The summed E-state index contributed by atoms with van der Waals surface area (Å²) in [4.78, 5) is 33.7. The Hall–Kier alpha value is -0.430. The molecule has 1 atom stereocenters. The summed E-state index contributed by atoms with van der Waals surface area (Å²) in [5, 5.41) is 0. The summed E-state index contributed by atoms with van der Waals surface area (Å²) in [5.74, 6) is -1.86. The SMILES string of the molecule is CCCCCCCCCCCCCC(=O)OC(=O)[C@@H](N)CCC(N)=O.[Na]. The minimum atomic E-state index is -0.978. The van der Waals surface area contributed by atoms with Crippen LogP contribution < -0.4 is 11.5 Å². The average molecular weight is 379 g/mol. The molecule has 0 aliphatic carbocycles. The first-order chi connectivity index (χ1) is 12.0. The van der Waals surface area contributed by atoms with E-state index in [1.807, 2.05) is 0 Å². The third kappa shape index (κ3) is 18.4.